The van der Waals surface area contributed by atoms with Crippen LogP contribution in [0.25, 0.3) is 0 Å². The number of piperidine rings is 1. The molecule has 40 heavy (non-hydrogen) atoms. The van der Waals surface area contributed by atoms with Crippen LogP contribution in [0.2, 0.25) is 0 Å². The van der Waals surface area contributed by atoms with E-state index >= 15 is 0 Å². The van der Waals surface area contributed by atoms with Crippen molar-refractivity contribution in [2.75, 3.05) is 57.2 Å². The van der Waals surface area contributed by atoms with E-state index in [1.807, 2.05) is 0 Å². The molecule has 1 amide bonds. The number of likely N-dealkylation sites (tertiary alicyclic amines) is 1. The van der Waals surface area contributed by atoms with Gasteiger partial charge >= 0.3 is 12.4 Å². The zero-order valence-electron chi connectivity index (χ0n) is 21.7. The number of aromatic amines is 1. The Balaban J connectivity index is 0.00000141. The molecule has 2 fully saturated rings. The summed E-state index contributed by atoms with van der Waals surface area (Å²) in [6.07, 6.45) is -6.22. The number of carbonyl (C=O) groups is 1. The number of nitrogens with zero attached hydrogens (tertiary/aromatic N) is 5. The quantitative estimate of drug-likeness (QED) is 0.375. The van der Waals surface area contributed by atoms with Gasteiger partial charge in [-0.15, -0.1) is 0 Å². The van der Waals surface area contributed by atoms with Crippen LogP contribution in [-0.4, -0.2) is 90.1 Å². The van der Waals surface area contributed by atoms with Crippen molar-refractivity contribution in [1.29, 1.82) is 0 Å². The summed E-state index contributed by atoms with van der Waals surface area (Å²) in [6, 6.07) is -0.0821. The molecule has 0 aliphatic carbocycles. The average Bonchev–Trinajstić information content (AvgIpc) is 3.26. The number of alkyl halides is 6. The number of hydrogen-bond acceptors (Lipinski definition) is 9. The summed E-state index contributed by atoms with van der Waals surface area (Å²) in [7, 11) is 3.25. The fraction of sp³-hybridized carbons (Fsp3) is 0.609. The van der Waals surface area contributed by atoms with Crippen molar-refractivity contribution in [3.63, 3.8) is 0 Å². The highest BCUT2D eigenvalue weighted by Crippen LogP contribution is 2.32. The molecule has 0 saturated carbocycles. The van der Waals surface area contributed by atoms with Gasteiger partial charge in [0.05, 0.1) is 24.1 Å². The minimum atomic E-state index is -4.87. The van der Waals surface area contributed by atoms with Gasteiger partial charge in [0.15, 0.2) is 0 Å². The third-order valence-corrected chi connectivity index (χ3v) is 6.22. The first-order chi connectivity index (χ1) is 18.9. The van der Waals surface area contributed by atoms with E-state index in [0.717, 1.165) is 18.6 Å². The first-order valence-corrected chi connectivity index (χ1v) is 12.2. The van der Waals surface area contributed by atoms with E-state index in [0.29, 0.717) is 38.9 Å². The van der Waals surface area contributed by atoms with Gasteiger partial charge in [0.1, 0.15) is 11.7 Å². The molecule has 17 heteroatoms. The maximum Gasteiger partial charge on any atom is 0.423 e. The molecule has 1 unspecified atom stereocenters. The first-order valence-electron chi connectivity index (χ1n) is 12.2. The molecule has 2 aromatic heterocycles. The molecular weight excluding hydrogens is 552 g/mol. The Hall–Kier alpha value is -3.47. The predicted octanol–water partition coefficient (Wildman–Crippen LogP) is 2.56. The Bertz CT molecular complexity index is 1170. The summed E-state index contributed by atoms with van der Waals surface area (Å²) >= 11 is 0. The monoisotopic (exact) mass is 581 g/mol. The lowest BCUT2D eigenvalue weighted by Crippen LogP contribution is -2.47. The molecule has 222 valence electrons. The van der Waals surface area contributed by atoms with Crippen LogP contribution >= 0.6 is 0 Å². The van der Waals surface area contributed by atoms with E-state index < -0.39 is 40.8 Å². The van der Waals surface area contributed by atoms with E-state index in [2.05, 4.69) is 25.1 Å². The predicted molar refractivity (Wildman–Crippen MR) is 130 cm³/mol. The number of anilines is 2. The summed E-state index contributed by atoms with van der Waals surface area (Å²) in [5.41, 5.74) is -4.16. The zero-order valence-corrected chi connectivity index (χ0v) is 21.7. The highest BCUT2D eigenvalue weighted by atomic mass is 19.4. The molecule has 0 radical (unpaired) electrons. The minimum Gasteiger partial charge on any atom is -0.388 e. The largest absolute Gasteiger partial charge is 0.423 e. The molecule has 0 aromatic carbocycles. The molecule has 2 aliphatic rings. The van der Waals surface area contributed by atoms with Gasteiger partial charge in [-0.3, -0.25) is 9.59 Å². The second kappa shape index (κ2) is 13.3. The summed E-state index contributed by atoms with van der Waals surface area (Å²) in [6.45, 7) is 1.22. The minimum absolute atomic E-state index is 0.0714. The van der Waals surface area contributed by atoms with Crippen LogP contribution in [0.4, 0.5) is 38.0 Å². The van der Waals surface area contributed by atoms with E-state index in [1.54, 1.807) is 29.1 Å². The van der Waals surface area contributed by atoms with Crippen molar-refractivity contribution in [1.82, 2.24) is 25.1 Å². The zero-order chi connectivity index (χ0) is 29.5. The topological polar surface area (TPSA) is 126 Å². The number of methoxy groups -OCH3 is 1. The summed E-state index contributed by atoms with van der Waals surface area (Å²) in [5, 5.41) is 7.59. The van der Waals surface area contributed by atoms with E-state index in [9.17, 15) is 35.9 Å². The van der Waals surface area contributed by atoms with Crippen LogP contribution in [0.15, 0.2) is 23.4 Å². The van der Waals surface area contributed by atoms with E-state index in [4.69, 9.17) is 4.74 Å². The second-order valence-electron chi connectivity index (χ2n) is 8.99. The van der Waals surface area contributed by atoms with Gasteiger partial charge in [-0.05, 0) is 12.8 Å². The Morgan fingerprint density at radius 3 is 2.17 bits per heavy atom. The van der Waals surface area contributed by atoms with Gasteiger partial charge in [0, 0.05) is 65.3 Å². The van der Waals surface area contributed by atoms with Gasteiger partial charge in [0.2, 0.25) is 5.95 Å². The van der Waals surface area contributed by atoms with Crippen molar-refractivity contribution < 1.29 is 40.6 Å². The number of nitrogens with one attached hydrogen (secondary N) is 2. The Morgan fingerprint density at radius 1 is 0.975 bits per heavy atom. The van der Waals surface area contributed by atoms with Crippen LogP contribution in [0.5, 0.6) is 0 Å². The van der Waals surface area contributed by atoms with Gasteiger partial charge in [0.25, 0.3) is 11.5 Å². The summed E-state index contributed by atoms with van der Waals surface area (Å²) in [4.78, 5) is 35.4. The van der Waals surface area contributed by atoms with Crippen LogP contribution < -0.4 is 15.8 Å². The lowest BCUT2D eigenvalue weighted by molar-refractivity contribution is -0.139. The number of hydrogen-bond donors (Lipinski definition) is 2. The fourth-order valence-electron chi connectivity index (χ4n) is 4.40. The standard InChI is InChI=1S/C21H23F6N7O3.C2H6O/c22-20(23,24)12-9-29-19(30-10-12)33-5-1-13(2-6-33)34-7-3-15(18(34)36)37-8-4-28-14-11-31-32-17(35)16(14)21(25,26)27;1-3-2/h9-11,13,15H,1-8H2,(H2,28,32,35);1-2H3. The molecule has 2 aliphatic heterocycles. The third kappa shape index (κ3) is 7.80. The van der Waals surface area contributed by atoms with Crippen LogP contribution in [-0.2, 0) is 26.6 Å². The van der Waals surface area contributed by atoms with Crippen LogP contribution in [0, 0.1) is 0 Å². The van der Waals surface area contributed by atoms with Crippen molar-refractivity contribution >= 4 is 17.5 Å². The molecule has 2 N–H and O–H groups in total. The smallest absolute Gasteiger partial charge is 0.388 e. The highest BCUT2D eigenvalue weighted by molar-refractivity contribution is 5.83. The Labute approximate surface area is 224 Å². The van der Waals surface area contributed by atoms with Crippen molar-refractivity contribution in [2.45, 2.75) is 43.8 Å². The van der Waals surface area contributed by atoms with Gasteiger partial charge in [-0.2, -0.15) is 31.4 Å². The SMILES string of the molecule is COC.O=C1C(OCCNc2cn[nH]c(=O)c2C(F)(F)F)CCN1C1CCN(c2ncc(C(F)(F)F)cn2)CC1. The molecule has 0 spiro atoms. The molecule has 4 rings (SSSR count). The molecule has 11 nitrogen and oxygen atoms in total. The summed E-state index contributed by atoms with van der Waals surface area (Å²) < 4.78 is 87.2. The Kier molecular flexibility index (Phi) is 10.3. The lowest BCUT2D eigenvalue weighted by Gasteiger charge is -2.36. The number of ether oxygens (including phenoxy) is 2. The van der Waals surface area contributed by atoms with Gasteiger partial charge in [-0.25, -0.2) is 15.1 Å². The summed E-state index contributed by atoms with van der Waals surface area (Å²) in [5.74, 6) is -0.0322. The second-order valence-corrected chi connectivity index (χ2v) is 8.99. The maximum absolute atomic E-state index is 13.1. The van der Waals surface area contributed by atoms with Crippen LogP contribution in [0.1, 0.15) is 30.4 Å². The highest BCUT2D eigenvalue weighted by Gasteiger charge is 2.39. The number of rotatable bonds is 7. The fourth-order valence-corrected chi connectivity index (χ4v) is 4.40. The van der Waals surface area contributed by atoms with Crippen molar-refractivity contribution in [3.05, 3.63) is 40.1 Å². The first kappa shape index (κ1) is 31.1. The molecular formula is C23H29F6N7O4. The van der Waals surface area contributed by atoms with Crippen molar-refractivity contribution in [2.24, 2.45) is 0 Å². The molecule has 2 aromatic rings. The lowest BCUT2D eigenvalue weighted by atomic mass is 10.0. The molecule has 2 saturated heterocycles. The van der Waals surface area contributed by atoms with Gasteiger partial charge < -0.3 is 24.6 Å². The Morgan fingerprint density at radius 2 is 1.60 bits per heavy atom. The third-order valence-electron chi connectivity index (χ3n) is 6.22. The number of aromatic nitrogens is 4. The number of amides is 1. The molecule has 1 atom stereocenters. The van der Waals surface area contributed by atoms with E-state index in [-0.39, 0.29) is 31.0 Å². The number of carbonyl (C=O) groups excluding carboxylic acids is 1. The maximum atomic E-state index is 13.1. The van der Waals surface area contributed by atoms with Crippen molar-refractivity contribution in [3.8, 4) is 0 Å². The number of H-pyrrole nitrogens is 1. The average molecular weight is 582 g/mol. The number of halogens is 6. The van der Waals surface area contributed by atoms with E-state index in [1.165, 1.54) is 0 Å². The normalized spacial score (nSPS) is 18.5. The molecule has 0 bridgehead atoms. The van der Waals surface area contributed by atoms with Crippen LogP contribution in [0.3, 0.4) is 0 Å². The van der Waals surface area contributed by atoms with Gasteiger partial charge in [-0.1, -0.05) is 0 Å². The molecule has 4 heterocycles.